The van der Waals surface area contributed by atoms with E-state index in [1.165, 1.54) is 16.4 Å². The second-order valence-electron chi connectivity index (χ2n) is 6.51. The fourth-order valence-electron chi connectivity index (χ4n) is 3.13. The van der Waals surface area contributed by atoms with Crippen LogP contribution in [0, 0.1) is 0 Å². The molecule has 0 bridgehead atoms. The summed E-state index contributed by atoms with van der Waals surface area (Å²) in [6.07, 6.45) is 0. The number of aromatic hydroxyl groups is 1. The Morgan fingerprint density at radius 1 is 1.11 bits per heavy atom. The van der Waals surface area contributed by atoms with Gasteiger partial charge in [-0.25, -0.2) is 8.42 Å². The molecule has 3 N–H and O–H groups in total. The Labute approximate surface area is 161 Å². The number of fused-ring (bicyclic) bond motifs is 1. The van der Waals surface area contributed by atoms with E-state index in [2.05, 4.69) is 15.5 Å². The summed E-state index contributed by atoms with van der Waals surface area (Å²) in [7, 11) is -3.53. The normalized spacial score (nSPS) is 14.0. The van der Waals surface area contributed by atoms with Crippen LogP contribution in [-0.4, -0.2) is 33.9 Å². The first-order valence-corrected chi connectivity index (χ1v) is 10.2. The maximum absolute atomic E-state index is 12.7. The highest BCUT2D eigenvalue weighted by atomic mass is 32.2. The molecule has 3 aromatic rings. The third-order valence-electron chi connectivity index (χ3n) is 4.59. The highest BCUT2D eigenvalue weighted by Gasteiger charge is 2.33. The van der Waals surface area contributed by atoms with Crippen LogP contribution in [-0.2, 0) is 28.9 Å². The molecule has 0 fully saturated rings. The highest BCUT2D eigenvalue weighted by molar-refractivity contribution is 7.88. The molecule has 0 saturated carbocycles. The summed E-state index contributed by atoms with van der Waals surface area (Å²) in [5.74, 6) is -0.402. The van der Waals surface area contributed by atoms with Crippen LogP contribution in [0.4, 0.5) is 5.82 Å². The summed E-state index contributed by atoms with van der Waals surface area (Å²) < 4.78 is 26.8. The lowest BCUT2D eigenvalue weighted by Crippen LogP contribution is -2.27. The molecule has 1 aliphatic heterocycles. The number of aromatic amines is 1. The van der Waals surface area contributed by atoms with E-state index in [9.17, 15) is 18.3 Å². The van der Waals surface area contributed by atoms with Crippen LogP contribution in [0.5, 0.6) is 5.75 Å². The van der Waals surface area contributed by atoms with Gasteiger partial charge in [-0.15, -0.1) is 0 Å². The van der Waals surface area contributed by atoms with Gasteiger partial charge in [0.15, 0.2) is 0 Å². The number of hydrogen-bond donors (Lipinski definition) is 3. The predicted molar refractivity (Wildman–Crippen MR) is 103 cm³/mol. The standard InChI is InChI=1S/C19H18N4O4S/c24-17-9-5-4-8-14(17)19(25)20-18-15-10-23(11-16(15)21-22-18)28(26,27)12-13-6-2-1-3-7-13/h1-9,24H,10-12H2,(H2,20,21,22,25). The van der Waals surface area contributed by atoms with Gasteiger partial charge in [-0.05, 0) is 17.7 Å². The van der Waals surface area contributed by atoms with E-state index in [1.54, 1.807) is 36.4 Å². The van der Waals surface area contributed by atoms with Gasteiger partial charge in [0.25, 0.3) is 5.91 Å². The lowest BCUT2D eigenvalue weighted by Gasteiger charge is -2.16. The molecule has 0 saturated heterocycles. The van der Waals surface area contributed by atoms with E-state index in [1.807, 2.05) is 6.07 Å². The second kappa shape index (κ2) is 7.10. The number of nitrogens with one attached hydrogen (secondary N) is 2. The first kappa shape index (κ1) is 18.2. The molecule has 2 aromatic carbocycles. The monoisotopic (exact) mass is 398 g/mol. The van der Waals surface area contributed by atoms with Crippen molar-refractivity contribution < 1.29 is 18.3 Å². The van der Waals surface area contributed by atoms with E-state index in [-0.39, 0.29) is 30.2 Å². The Morgan fingerprint density at radius 2 is 1.82 bits per heavy atom. The van der Waals surface area contributed by atoms with Gasteiger partial charge in [-0.2, -0.15) is 9.40 Å². The van der Waals surface area contributed by atoms with Crippen molar-refractivity contribution in [3.8, 4) is 5.75 Å². The lowest BCUT2D eigenvalue weighted by atomic mass is 10.2. The molecule has 0 unspecified atom stereocenters. The molecule has 9 heteroatoms. The van der Waals surface area contributed by atoms with Crippen LogP contribution < -0.4 is 5.32 Å². The van der Waals surface area contributed by atoms with Crippen molar-refractivity contribution in [2.45, 2.75) is 18.8 Å². The maximum atomic E-state index is 12.7. The summed E-state index contributed by atoms with van der Waals surface area (Å²) in [4.78, 5) is 12.4. The third-order valence-corrected chi connectivity index (χ3v) is 6.33. The Balaban J connectivity index is 1.50. The smallest absolute Gasteiger partial charge is 0.260 e. The van der Waals surface area contributed by atoms with Crippen molar-refractivity contribution in [2.24, 2.45) is 0 Å². The molecule has 0 radical (unpaired) electrons. The molecule has 144 valence electrons. The fraction of sp³-hybridized carbons (Fsp3) is 0.158. The largest absolute Gasteiger partial charge is 0.507 e. The number of carbonyl (C=O) groups is 1. The predicted octanol–water partition coefficient (Wildman–Crippen LogP) is 2.21. The number of carbonyl (C=O) groups excluding carboxylic acids is 1. The molecule has 1 aliphatic rings. The van der Waals surface area contributed by atoms with E-state index >= 15 is 0 Å². The number of H-pyrrole nitrogens is 1. The molecule has 28 heavy (non-hydrogen) atoms. The molecule has 4 rings (SSSR count). The zero-order valence-corrected chi connectivity index (χ0v) is 15.6. The van der Waals surface area contributed by atoms with E-state index < -0.39 is 15.9 Å². The average molecular weight is 398 g/mol. The van der Waals surface area contributed by atoms with Gasteiger partial charge >= 0.3 is 0 Å². The van der Waals surface area contributed by atoms with Crippen LogP contribution in [0.2, 0.25) is 0 Å². The molecular formula is C19H18N4O4S. The SMILES string of the molecule is O=C(Nc1[nH]nc2c1CN(S(=O)(=O)Cc1ccccc1)C2)c1ccccc1O. The molecule has 8 nitrogen and oxygen atoms in total. The summed E-state index contributed by atoms with van der Waals surface area (Å²) in [5.41, 5.74) is 2.03. The zero-order valence-electron chi connectivity index (χ0n) is 14.8. The number of phenols is 1. The first-order chi connectivity index (χ1) is 13.4. The van der Waals surface area contributed by atoms with Crippen molar-refractivity contribution in [1.29, 1.82) is 0 Å². The van der Waals surface area contributed by atoms with Gasteiger partial charge in [0, 0.05) is 12.1 Å². The number of hydrogen-bond acceptors (Lipinski definition) is 5. The van der Waals surface area contributed by atoms with Gasteiger partial charge in [-0.3, -0.25) is 9.89 Å². The Morgan fingerprint density at radius 3 is 2.57 bits per heavy atom. The zero-order chi connectivity index (χ0) is 19.7. The van der Waals surface area contributed by atoms with Crippen LogP contribution >= 0.6 is 0 Å². The molecule has 1 amide bonds. The number of benzene rings is 2. The average Bonchev–Trinajstić information content (AvgIpc) is 3.25. The van der Waals surface area contributed by atoms with E-state index in [0.29, 0.717) is 22.6 Å². The topological polar surface area (TPSA) is 115 Å². The quantitative estimate of drug-likeness (QED) is 0.609. The lowest BCUT2D eigenvalue weighted by molar-refractivity contribution is 0.102. The third kappa shape index (κ3) is 3.49. The highest BCUT2D eigenvalue weighted by Crippen LogP contribution is 2.30. The van der Waals surface area contributed by atoms with Crippen molar-refractivity contribution in [2.75, 3.05) is 5.32 Å². The maximum Gasteiger partial charge on any atom is 0.260 e. The Bertz CT molecular complexity index is 1130. The number of anilines is 1. The molecule has 0 aliphatic carbocycles. The number of nitrogens with zero attached hydrogens (tertiary/aromatic N) is 2. The fourth-order valence-corrected chi connectivity index (χ4v) is 4.57. The number of phenolic OH excluding ortho intramolecular Hbond substituents is 1. The number of sulfonamides is 1. The van der Waals surface area contributed by atoms with Crippen molar-refractivity contribution in [3.05, 3.63) is 77.0 Å². The van der Waals surface area contributed by atoms with Crippen LogP contribution in [0.15, 0.2) is 54.6 Å². The van der Waals surface area contributed by atoms with Gasteiger partial charge in [0.2, 0.25) is 10.0 Å². The minimum absolute atomic E-state index is 0.0958. The van der Waals surface area contributed by atoms with Crippen LogP contribution in [0.1, 0.15) is 27.2 Å². The van der Waals surface area contributed by atoms with Crippen LogP contribution in [0.25, 0.3) is 0 Å². The first-order valence-electron chi connectivity index (χ1n) is 8.61. The number of rotatable bonds is 5. The van der Waals surface area contributed by atoms with Crippen LogP contribution in [0.3, 0.4) is 0 Å². The Kier molecular flexibility index (Phi) is 4.62. The van der Waals surface area contributed by atoms with Crippen molar-refractivity contribution >= 4 is 21.7 Å². The van der Waals surface area contributed by atoms with Gasteiger partial charge < -0.3 is 10.4 Å². The Hall–Kier alpha value is -3.17. The molecule has 0 spiro atoms. The number of aromatic nitrogens is 2. The molecular weight excluding hydrogens is 380 g/mol. The van der Waals surface area contributed by atoms with Gasteiger partial charge in [0.1, 0.15) is 11.6 Å². The number of amides is 1. The molecule has 0 atom stereocenters. The minimum atomic E-state index is -3.53. The summed E-state index contributed by atoms with van der Waals surface area (Å²) in [5, 5.41) is 19.3. The van der Waals surface area contributed by atoms with E-state index in [4.69, 9.17) is 0 Å². The van der Waals surface area contributed by atoms with Crippen molar-refractivity contribution in [3.63, 3.8) is 0 Å². The minimum Gasteiger partial charge on any atom is -0.507 e. The molecule has 2 heterocycles. The van der Waals surface area contributed by atoms with Crippen molar-refractivity contribution in [1.82, 2.24) is 14.5 Å². The van der Waals surface area contributed by atoms with E-state index in [0.717, 1.165) is 0 Å². The summed E-state index contributed by atoms with van der Waals surface area (Å²) in [6, 6.07) is 15.2. The second-order valence-corrected chi connectivity index (χ2v) is 8.47. The molecule has 1 aromatic heterocycles. The summed E-state index contributed by atoms with van der Waals surface area (Å²) in [6.45, 7) is 0.269. The van der Waals surface area contributed by atoms with Gasteiger partial charge in [-0.1, -0.05) is 42.5 Å². The number of para-hydroxylation sites is 1. The van der Waals surface area contributed by atoms with Gasteiger partial charge in [0.05, 0.1) is 23.6 Å². The summed E-state index contributed by atoms with van der Waals surface area (Å²) >= 11 is 0.